The molecule has 2 aromatic heterocycles. The summed E-state index contributed by atoms with van der Waals surface area (Å²) in [5, 5.41) is 17.4. The Balaban J connectivity index is 1.21. The number of carbonyl (C=O) groups excluding carboxylic acids is 4. The van der Waals surface area contributed by atoms with E-state index in [4.69, 9.17) is 22.1 Å². The van der Waals surface area contributed by atoms with Crippen LogP contribution in [0.15, 0.2) is 97.5 Å². The molecule has 3 atom stereocenters. The number of phenolic OH excluding ortho intramolecular Hbond substituents is 1. The minimum Gasteiger partial charge on any atom is -0.508 e. The van der Waals surface area contributed by atoms with Gasteiger partial charge in [-0.25, -0.2) is 0 Å². The van der Waals surface area contributed by atoms with Crippen LogP contribution < -0.4 is 21.1 Å². The molecule has 6 rings (SSSR count). The smallest absolute Gasteiger partial charge is 0.224 e. The Morgan fingerprint density at radius 1 is 0.879 bits per heavy atom. The van der Waals surface area contributed by atoms with Gasteiger partial charge in [-0.3, -0.25) is 24.2 Å². The van der Waals surface area contributed by atoms with Gasteiger partial charge in [0, 0.05) is 66.1 Å². The molecule has 0 radical (unpaired) electrons. The number of nitrogens with two attached hydrogens (primary N) is 1. The Morgan fingerprint density at radius 3 is 2.40 bits per heavy atom. The molecule has 11 nitrogen and oxygen atoms in total. The Kier molecular flexibility index (Phi) is 14.5. The number of amides is 2. The molecule has 2 amide bonds. The van der Waals surface area contributed by atoms with Crippen LogP contribution in [0.2, 0.25) is 5.02 Å². The molecule has 0 saturated heterocycles. The zero-order chi connectivity index (χ0) is 41.0. The third-order valence-corrected chi connectivity index (χ3v) is 11.0. The second-order valence-corrected chi connectivity index (χ2v) is 15.3. The lowest BCUT2D eigenvalue weighted by molar-refractivity contribution is -0.133. The lowest BCUT2D eigenvalue weighted by atomic mass is 9.88. The molecule has 3 aromatic carbocycles. The molecule has 1 aliphatic carbocycles. The molecule has 0 saturated carbocycles. The summed E-state index contributed by atoms with van der Waals surface area (Å²) in [6.45, 7) is 0.317. The van der Waals surface area contributed by atoms with Gasteiger partial charge in [-0.05, 0) is 133 Å². The first-order valence-electron chi connectivity index (χ1n) is 19.7. The van der Waals surface area contributed by atoms with Crippen LogP contribution in [0, 0.1) is 5.92 Å². The summed E-state index contributed by atoms with van der Waals surface area (Å²) in [6.07, 6.45) is 10.6. The molecule has 0 aliphatic heterocycles. The SMILES string of the molecule is COc1ccc2c(c1)CC=C2CCCC(=O)[C@H](Cc1ccncc1)NC(=O)[C@@H](CC(=O)[C@H](Cc1c[nH]c2ccc(O)cc12)NC(=O)CCCN)Cc1ccc(Cl)cc1. The van der Waals surface area contributed by atoms with Crippen LogP contribution in [0.3, 0.4) is 0 Å². The lowest BCUT2D eigenvalue weighted by Gasteiger charge is -2.24. The number of rotatable bonds is 21. The number of nitrogens with one attached hydrogen (secondary N) is 3. The van der Waals surface area contributed by atoms with Gasteiger partial charge in [-0.2, -0.15) is 0 Å². The van der Waals surface area contributed by atoms with E-state index in [1.54, 1.807) is 56.0 Å². The van der Waals surface area contributed by atoms with Crippen LogP contribution in [0.5, 0.6) is 11.5 Å². The molecular formula is C46H50ClN5O6. The second-order valence-electron chi connectivity index (χ2n) is 14.9. The highest BCUT2D eigenvalue weighted by Crippen LogP contribution is 2.33. The largest absolute Gasteiger partial charge is 0.508 e. The molecule has 302 valence electrons. The van der Waals surface area contributed by atoms with Crippen molar-refractivity contribution in [3.63, 3.8) is 0 Å². The van der Waals surface area contributed by atoms with E-state index in [0.717, 1.165) is 39.8 Å². The van der Waals surface area contributed by atoms with E-state index in [1.165, 1.54) is 16.7 Å². The van der Waals surface area contributed by atoms with Gasteiger partial charge in [0.05, 0.1) is 19.2 Å². The van der Waals surface area contributed by atoms with Crippen LogP contribution in [0.4, 0.5) is 0 Å². The summed E-state index contributed by atoms with van der Waals surface area (Å²) in [7, 11) is 1.65. The maximum atomic E-state index is 14.4. The predicted octanol–water partition coefficient (Wildman–Crippen LogP) is 6.62. The second kappa shape index (κ2) is 20.1. The first-order chi connectivity index (χ1) is 28.1. The number of pyridine rings is 1. The number of H-pyrrole nitrogens is 1. The number of allylic oxidation sites excluding steroid dienone is 2. The van der Waals surface area contributed by atoms with Crippen LogP contribution in [-0.2, 0) is 44.9 Å². The van der Waals surface area contributed by atoms with Crippen molar-refractivity contribution in [2.24, 2.45) is 11.7 Å². The maximum Gasteiger partial charge on any atom is 0.224 e. The van der Waals surface area contributed by atoms with Gasteiger partial charge in [0.1, 0.15) is 11.5 Å². The highest BCUT2D eigenvalue weighted by molar-refractivity contribution is 6.30. The molecule has 0 fully saturated rings. The highest BCUT2D eigenvalue weighted by atomic mass is 35.5. The van der Waals surface area contributed by atoms with E-state index in [1.807, 2.05) is 36.4 Å². The Morgan fingerprint density at radius 2 is 1.64 bits per heavy atom. The number of ketones is 2. The van der Waals surface area contributed by atoms with Crippen LogP contribution in [0.25, 0.3) is 16.5 Å². The minimum absolute atomic E-state index is 0.0702. The Bertz CT molecular complexity index is 2250. The summed E-state index contributed by atoms with van der Waals surface area (Å²) in [6, 6.07) is 19.8. The molecular weight excluding hydrogens is 754 g/mol. The van der Waals surface area contributed by atoms with Crippen LogP contribution in [0.1, 0.15) is 66.3 Å². The summed E-state index contributed by atoms with van der Waals surface area (Å²) >= 11 is 6.19. The van der Waals surface area contributed by atoms with Crippen molar-refractivity contribution in [2.45, 2.75) is 76.3 Å². The minimum atomic E-state index is -0.975. The number of aromatic amines is 1. The van der Waals surface area contributed by atoms with Crippen LogP contribution >= 0.6 is 11.6 Å². The fourth-order valence-corrected chi connectivity index (χ4v) is 7.68. The molecule has 1 aliphatic rings. The molecule has 0 bridgehead atoms. The van der Waals surface area contributed by atoms with Crippen molar-refractivity contribution in [3.05, 3.63) is 130 Å². The van der Waals surface area contributed by atoms with Crippen molar-refractivity contribution in [3.8, 4) is 11.5 Å². The normalized spacial score (nSPS) is 13.6. The molecule has 2 heterocycles. The maximum absolute atomic E-state index is 14.4. The number of aromatic nitrogens is 2. The number of benzene rings is 3. The number of nitrogens with zero attached hydrogens (tertiary/aromatic N) is 1. The average molecular weight is 804 g/mol. The van der Waals surface area contributed by atoms with Crippen molar-refractivity contribution >= 4 is 51.5 Å². The van der Waals surface area contributed by atoms with Gasteiger partial charge < -0.3 is 31.2 Å². The number of Topliss-reactive ketones (excluding diaryl/α,β-unsaturated/α-hetero) is 2. The lowest BCUT2D eigenvalue weighted by Crippen LogP contribution is -2.47. The monoisotopic (exact) mass is 803 g/mol. The van der Waals surface area contributed by atoms with Crippen molar-refractivity contribution in [1.82, 2.24) is 20.6 Å². The number of methoxy groups -OCH3 is 1. The van der Waals surface area contributed by atoms with Gasteiger partial charge in [0.15, 0.2) is 11.6 Å². The quantitative estimate of drug-likeness (QED) is 0.0550. The topological polar surface area (TPSA) is 176 Å². The number of aromatic hydroxyl groups is 1. The van der Waals surface area contributed by atoms with E-state index in [0.29, 0.717) is 30.8 Å². The van der Waals surface area contributed by atoms with E-state index in [9.17, 15) is 24.3 Å². The van der Waals surface area contributed by atoms with Gasteiger partial charge >= 0.3 is 0 Å². The molecule has 0 spiro atoms. The number of hydrogen-bond donors (Lipinski definition) is 5. The third kappa shape index (κ3) is 11.2. The molecule has 12 heteroatoms. The number of halogens is 1. The summed E-state index contributed by atoms with van der Waals surface area (Å²) in [5.41, 5.74) is 12.3. The summed E-state index contributed by atoms with van der Waals surface area (Å²) in [4.78, 5) is 63.1. The zero-order valence-corrected chi connectivity index (χ0v) is 33.4. The number of fused-ring (bicyclic) bond motifs is 2. The van der Waals surface area contributed by atoms with E-state index in [-0.39, 0.29) is 61.7 Å². The van der Waals surface area contributed by atoms with E-state index < -0.39 is 23.9 Å². The van der Waals surface area contributed by atoms with Crippen molar-refractivity contribution in [2.75, 3.05) is 13.7 Å². The zero-order valence-electron chi connectivity index (χ0n) is 32.6. The average Bonchev–Trinajstić information content (AvgIpc) is 3.82. The van der Waals surface area contributed by atoms with Gasteiger partial charge in [0.2, 0.25) is 11.8 Å². The number of carbonyl (C=O) groups is 4. The highest BCUT2D eigenvalue weighted by Gasteiger charge is 2.31. The van der Waals surface area contributed by atoms with E-state index in [2.05, 4.69) is 32.7 Å². The van der Waals surface area contributed by atoms with Gasteiger partial charge in [-0.1, -0.05) is 35.9 Å². The predicted molar refractivity (Wildman–Crippen MR) is 226 cm³/mol. The van der Waals surface area contributed by atoms with Gasteiger partial charge in [0.25, 0.3) is 0 Å². The number of hydrogen-bond acceptors (Lipinski definition) is 8. The third-order valence-electron chi connectivity index (χ3n) is 10.7. The van der Waals surface area contributed by atoms with Crippen molar-refractivity contribution < 1.29 is 29.0 Å². The molecule has 0 unspecified atom stereocenters. The first kappa shape index (κ1) is 41.8. The molecule has 58 heavy (non-hydrogen) atoms. The van der Waals surface area contributed by atoms with E-state index >= 15 is 0 Å². The van der Waals surface area contributed by atoms with Crippen LogP contribution in [-0.4, -0.2) is 64.2 Å². The summed E-state index contributed by atoms with van der Waals surface area (Å²) < 4.78 is 5.39. The number of ether oxygens (including phenoxy) is 1. The standard InChI is InChI=1S/C46H50ClN5O6/c1-58-37-14-15-38-31(9-10-32(38)24-37)4-2-5-43(54)41(23-30-17-20-49-21-18-30)52-46(57)33(22-29-7-11-35(47)12-8-29)26-44(55)42(51-45(56)6-3-19-48)25-34-28-50-40-16-13-36(53)27-39(34)40/h7-9,11-18,20-21,24,27-28,33,41-42,50,53H,2-6,10,19,22-23,25-26,48H2,1H3,(H,51,56)(H,52,57)/t33-,41+,42+/m1/s1. The Hall–Kier alpha value is -5.78. The molecule has 5 aromatic rings. The molecule has 6 N–H and O–H groups in total. The fraction of sp³-hybridized carbons (Fsp3) is 0.326. The van der Waals surface area contributed by atoms with Crippen molar-refractivity contribution in [1.29, 1.82) is 0 Å². The number of phenols is 1. The summed E-state index contributed by atoms with van der Waals surface area (Å²) in [5.74, 6) is -1.22. The Labute approximate surface area is 343 Å². The first-order valence-corrected chi connectivity index (χ1v) is 20.1. The van der Waals surface area contributed by atoms with Gasteiger partial charge in [-0.15, -0.1) is 0 Å². The fourth-order valence-electron chi connectivity index (χ4n) is 7.55.